The molecule has 0 amide bonds. The molecule has 0 atom stereocenters. The van der Waals surface area contributed by atoms with Gasteiger partial charge in [0.1, 0.15) is 18.2 Å². The molecule has 0 saturated carbocycles. The highest BCUT2D eigenvalue weighted by Gasteiger charge is 2.17. The van der Waals surface area contributed by atoms with E-state index in [-0.39, 0.29) is 34.5 Å². The van der Waals surface area contributed by atoms with Gasteiger partial charge in [0, 0.05) is 25.4 Å². The molecule has 0 aliphatic carbocycles. The summed E-state index contributed by atoms with van der Waals surface area (Å²) in [6.45, 7) is 6.42. The average Bonchev–Trinajstić information content (AvgIpc) is 2.50. The van der Waals surface area contributed by atoms with Crippen molar-refractivity contribution in [2.75, 3.05) is 40.0 Å². The summed E-state index contributed by atoms with van der Waals surface area (Å²) in [5.41, 5.74) is 0. The van der Waals surface area contributed by atoms with Crippen LogP contribution in [0.15, 0.2) is 29.3 Å². The first-order valence-corrected chi connectivity index (χ1v) is 8.46. The standard InChI is InChI=1S/C16H26FN3OS.HI/c1-16(2,22-5)12-19-15(18-3)20(4)10-11-21-14-8-6-13(17)7-9-14;/h6-9H,10-12H2,1-5H3,(H,18,19);1H. The van der Waals surface area contributed by atoms with Crippen molar-refractivity contribution in [1.29, 1.82) is 0 Å². The Morgan fingerprint density at radius 2 is 1.96 bits per heavy atom. The Morgan fingerprint density at radius 3 is 2.48 bits per heavy atom. The maximum Gasteiger partial charge on any atom is 0.193 e. The van der Waals surface area contributed by atoms with E-state index in [1.807, 2.05) is 23.7 Å². The Hall–Kier alpha value is -0.700. The van der Waals surface area contributed by atoms with Crippen molar-refractivity contribution >= 4 is 41.7 Å². The molecule has 0 bridgehead atoms. The number of hydrogen-bond donors (Lipinski definition) is 1. The van der Waals surface area contributed by atoms with Crippen molar-refractivity contribution in [3.8, 4) is 5.75 Å². The van der Waals surface area contributed by atoms with E-state index >= 15 is 0 Å². The number of halogens is 2. The van der Waals surface area contributed by atoms with Crippen LogP contribution in [0.3, 0.4) is 0 Å². The van der Waals surface area contributed by atoms with Gasteiger partial charge in [-0.05, 0) is 44.4 Å². The van der Waals surface area contributed by atoms with E-state index in [9.17, 15) is 4.39 Å². The second-order valence-corrected chi connectivity index (χ2v) is 7.10. The number of benzene rings is 1. The predicted octanol–water partition coefficient (Wildman–Crippen LogP) is 3.47. The van der Waals surface area contributed by atoms with Crippen LogP contribution >= 0.6 is 35.7 Å². The number of ether oxygens (including phenoxy) is 1. The lowest BCUT2D eigenvalue weighted by Gasteiger charge is -2.27. The topological polar surface area (TPSA) is 36.9 Å². The summed E-state index contributed by atoms with van der Waals surface area (Å²) in [4.78, 5) is 6.29. The molecule has 0 fully saturated rings. The molecule has 1 N–H and O–H groups in total. The molecule has 132 valence electrons. The van der Waals surface area contributed by atoms with E-state index in [1.54, 1.807) is 19.2 Å². The first-order chi connectivity index (χ1) is 10.4. The number of likely N-dealkylation sites (N-methyl/N-ethyl adjacent to an activating group) is 1. The SMILES string of the molecule is CN=C(NCC(C)(C)SC)N(C)CCOc1ccc(F)cc1.I. The van der Waals surface area contributed by atoms with Crippen LogP contribution in [0.2, 0.25) is 0 Å². The van der Waals surface area contributed by atoms with Gasteiger partial charge in [-0.3, -0.25) is 4.99 Å². The lowest BCUT2D eigenvalue weighted by molar-refractivity contribution is 0.281. The van der Waals surface area contributed by atoms with Gasteiger partial charge in [-0.2, -0.15) is 11.8 Å². The highest BCUT2D eigenvalue weighted by Crippen LogP contribution is 2.19. The van der Waals surface area contributed by atoms with Gasteiger partial charge < -0.3 is 15.0 Å². The van der Waals surface area contributed by atoms with Gasteiger partial charge >= 0.3 is 0 Å². The smallest absolute Gasteiger partial charge is 0.193 e. The lowest BCUT2D eigenvalue weighted by Crippen LogP contribution is -2.45. The van der Waals surface area contributed by atoms with Crippen molar-refractivity contribution in [2.45, 2.75) is 18.6 Å². The fourth-order valence-electron chi connectivity index (χ4n) is 1.69. The first kappa shape index (κ1) is 22.3. The van der Waals surface area contributed by atoms with E-state index < -0.39 is 0 Å². The van der Waals surface area contributed by atoms with Crippen LogP contribution in [-0.2, 0) is 0 Å². The normalized spacial score (nSPS) is 11.7. The molecule has 0 aliphatic heterocycles. The molecule has 0 aromatic heterocycles. The van der Waals surface area contributed by atoms with Crippen molar-refractivity contribution in [1.82, 2.24) is 10.2 Å². The van der Waals surface area contributed by atoms with Crippen molar-refractivity contribution in [3.63, 3.8) is 0 Å². The lowest BCUT2D eigenvalue weighted by atomic mass is 10.2. The third-order valence-corrected chi connectivity index (χ3v) is 4.56. The second-order valence-electron chi connectivity index (χ2n) is 5.59. The largest absolute Gasteiger partial charge is 0.492 e. The van der Waals surface area contributed by atoms with Crippen LogP contribution < -0.4 is 10.1 Å². The number of nitrogens with zero attached hydrogens (tertiary/aromatic N) is 2. The number of guanidine groups is 1. The molecule has 1 aromatic rings. The molecule has 1 aromatic carbocycles. The van der Waals surface area contributed by atoms with Crippen LogP contribution in [0.1, 0.15) is 13.8 Å². The van der Waals surface area contributed by atoms with Gasteiger partial charge in [0.2, 0.25) is 0 Å². The summed E-state index contributed by atoms with van der Waals surface area (Å²) in [5.74, 6) is 1.25. The number of hydrogen-bond acceptors (Lipinski definition) is 3. The molecule has 0 radical (unpaired) electrons. The van der Waals surface area contributed by atoms with Crippen LogP contribution in [0.25, 0.3) is 0 Å². The Labute approximate surface area is 160 Å². The van der Waals surface area contributed by atoms with Gasteiger partial charge in [0.15, 0.2) is 5.96 Å². The third-order valence-electron chi connectivity index (χ3n) is 3.31. The molecule has 0 saturated heterocycles. The Balaban J connectivity index is 0.00000484. The molecular weight excluding hydrogens is 428 g/mol. The monoisotopic (exact) mass is 455 g/mol. The zero-order valence-electron chi connectivity index (χ0n) is 14.4. The molecule has 1 rings (SSSR count). The summed E-state index contributed by atoms with van der Waals surface area (Å²) in [6.07, 6.45) is 2.10. The zero-order chi connectivity index (χ0) is 16.6. The molecular formula is C16H27FIN3OS. The maximum absolute atomic E-state index is 12.8. The van der Waals surface area contributed by atoms with E-state index in [1.165, 1.54) is 12.1 Å². The minimum atomic E-state index is -0.259. The summed E-state index contributed by atoms with van der Waals surface area (Å²) in [5, 5.41) is 3.37. The van der Waals surface area contributed by atoms with Crippen LogP contribution in [0, 0.1) is 5.82 Å². The summed E-state index contributed by atoms with van der Waals surface area (Å²) in [7, 11) is 3.74. The number of thioether (sulfide) groups is 1. The van der Waals surface area contributed by atoms with Crippen molar-refractivity contribution in [3.05, 3.63) is 30.1 Å². The van der Waals surface area contributed by atoms with Gasteiger partial charge in [-0.25, -0.2) is 4.39 Å². The van der Waals surface area contributed by atoms with E-state index in [4.69, 9.17) is 4.74 Å². The van der Waals surface area contributed by atoms with Crippen molar-refractivity contribution < 1.29 is 9.13 Å². The highest BCUT2D eigenvalue weighted by atomic mass is 127. The minimum absolute atomic E-state index is 0. The molecule has 23 heavy (non-hydrogen) atoms. The van der Waals surface area contributed by atoms with E-state index in [0.29, 0.717) is 18.9 Å². The van der Waals surface area contributed by atoms with Crippen LogP contribution in [0.5, 0.6) is 5.75 Å². The van der Waals surface area contributed by atoms with Crippen LogP contribution in [-0.4, -0.2) is 55.7 Å². The van der Waals surface area contributed by atoms with Gasteiger partial charge in [-0.15, -0.1) is 24.0 Å². The number of rotatable bonds is 7. The van der Waals surface area contributed by atoms with Crippen molar-refractivity contribution in [2.24, 2.45) is 4.99 Å². The molecule has 4 nitrogen and oxygen atoms in total. The Kier molecular flexibility index (Phi) is 10.6. The van der Waals surface area contributed by atoms with Gasteiger partial charge in [0.25, 0.3) is 0 Å². The molecule has 0 aliphatic rings. The van der Waals surface area contributed by atoms with Crippen LogP contribution in [0.4, 0.5) is 4.39 Å². The highest BCUT2D eigenvalue weighted by molar-refractivity contribution is 14.0. The third kappa shape index (κ3) is 8.64. The molecule has 0 unspecified atom stereocenters. The number of nitrogens with one attached hydrogen (secondary N) is 1. The minimum Gasteiger partial charge on any atom is -0.492 e. The molecule has 0 spiro atoms. The van der Waals surface area contributed by atoms with Gasteiger partial charge in [-0.1, -0.05) is 0 Å². The maximum atomic E-state index is 12.8. The summed E-state index contributed by atoms with van der Waals surface area (Å²) < 4.78 is 18.6. The Bertz CT molecular complexity index is 483. The quantitative estimate of drug-likeness (QED) is 0.388. The fourth-order valence-corrected chi connectivity index (χ4v) is 1.90. The van der Waals surface area contributed by atoms with E-state index in [2.05, 4.69) is 30.4 Å². The van der Waals surface area contributed by atoms with E-state index in [0.717, 1.165) is 12.5 Å². The summed E-state index contributed by atoms with van der Waals surface area (Å²) >= 11 is 1.82. The predicted molar refractivity (Wildman–Crippen MR) is 109 cm³/mol. The Morgan fingerprint density at radius 1 is 1.35 bits per heavy atom. The molecule has 7 heteroatoms. The first-order valence-electron chi connectivity index (χ1n) is 7.23. The fraction of sp³-hybridized carbons (Fsp3) is 0.562. The zero-order valence-corrected chi connectivity index (χ0v) is 17.6. The average molecular weight is 455 g/mol. The van der Waals surface area contributed by atoms with Gasteiger partial charge in [0.05, 0.1) is 6.54 Å². The second kappa shape index (κ2) is 11.0. The number of aliphatic imine (C=N–C) groups is 1. The molecule has 0 heterocycles. The summed E-state index contributed by atoms with van der Waals surface area (Å²) in [6, 6.07) is 6.04.